The number of hydrogen-bond acceptors (Lipinski definition) is 1. The third kappa shape index (κ3) is 3.50. The van der Waals surface area contributed by atoms with Crippen molar-refractivity contribution >= 4 is 11.8 Å². The summed E-state index contributed by atoms with van der Waals surface area (Å²) in [7, 11) is 4.15. The predicted molar refractivity (Wildman–Crippen MR) is 82.6 cm³/mol. The van der Waals surface area contributed by atoms with Crippen LogP contribution in [0.15, 0.2) is 48.0 Å². The Morgan fingerprint density at radius 3 is 2.18 bits per heavy atom. The molecule has 0 spiro atoms. The number of rotatable bonds is 2. The first-order chi connectivity index (χ1) is 9.58. The van der Waals surface area contributed by atoms with Crippen LogP contribution in [0.2, 0.25) is 0 Å². The molecule has 1 nitrogen and oxygen atoms in total. The molecule has 0 fully saturated rings. The van der Waals surface area contributed by atoms with Crippen molar-refractivity contribution in [3.63, 3.8) is 0 Å². The number of fused-ring (bicyclic) bond motifs is 1. The van der Waals surface area contributed by atoms with E-state index in [1.165, 1.54) is 33.5 Å². The molecule has 22 heavy (non-hydrogen) atoms. The summed E-state index contributed by atoms with van der Waals surface area (Å²) in [5, 5.41) is 0. The van der Waals surface area contributed by atoms with Gasteiger partial charge in [-0.25, -0.2) is 0 Å². The zero-order valence-corrected chi connectivity index (χ0v) is 16.9. The minimum atomic E-state index is 0. The van der Waals surface area contributed by atoms with Crippen molar-refractivity contribution in [3.05, 3.63) is 59.2 Å². The van der Waals surface area contributed by atoms with Crippen LogP contribution in [-0.4, -0.2) is 14.1 Å². The van der Waals surface area contributed by atoms with Gasteiger partial charge in [0, 0.05) is 0 Å². The fourth-order valence-electron chi connectivity index (χ4n) is 2.74. The Balaban J connectivity index is 0.00000121. The third-order valence-electron chi connectivity index (χ3n) is 3.97. The molecule has 0 N–H and O–H groups in total. The van der Waals surface area contributed by atoms with Crippen molar-refractivity contribution in [1.82, 2.24) is 0 Å². The quantitative estimate of drug-likeness (QED) is 0.579. The number of anilines is 1. The summed E-state index contributed by atoms with van der Waals surface area (Å²) in [6, 6.07) is 15.5. The molecule has 0 saturated carbocycles. The fourth-order valence-corrected chi connectivity index (χ4v) is 3.57. The fraction of sp³-hybridized carbons (Fsp3) is 0.222. The first-order valence-electron chi connectivity index (χ1n) is 6.88. The SMILES string of the molecule is CC1=Cc2c(-c3ccc(N(C)C)cc3)cccc2[CH]1[Zr+2].[Cl-].[Cl-]. The van der Waals surface area contributed by atoms with E-state index in [-0.39, 0.29) is 24.8 Å². The Bertz CT molecular complexity index is 678. The summed E-state index contributed by atoms with van der Waals surface area (Å²) in [5.74, 6) is 0. The van der Waals surface area contributed by atoms with Crippen LogP contribution in [0.1, 0.15) is 21.7 Å². The van der Waals surface area contributed by atoms with Gasteiger partial charge in [-0.3, -0.25) is 0 Å². The van der Waals surface area contributed by atoms with Crippen molar-refractivity contribution in [2.24, 2.45) is 0 Å². The number of benzene rings is 2. The second-order valence-electron chi connectivity index (χ2n) is 5.57. The maximum absolute atomic E-state index is 2.36. The van der Waals surface area contributed by atoms with E-state index >= 15 is 0 Å². The van der Waals surface area contributed by atoms with Crippen LogP contribution < -0.4 is 29.7 Å². The van der Waals surface area contributed by atoms with E-state index in [4.69, 9.17) is 0 Å². The average Bonchev–Trinajstić information content (AvgIpc) is 2.74. The van der Waals surface area contributed by atoms with E-state index < -0.39 is 0 Å². The van der Waals surface area contributed by atoms with Crippen LogP contribution in [0.25, 0.3) is 17.2 Å². The van der Waals surface area contributed by atoms with Crippen molar-refractivity contribution in [3.8, 4) is 11.1 Å². The first kappa shape index (κ1) is 19.5. The number of allylic oxidation sites excluding steroid dienone is 1. The predicted octanol–water partition coefficient (Wildman–Crippen LogP) is -1.57. The summed E-state index contributed by atoms with van der Waals surface area (Å²) in [6.45, 7) is 2.25. The van der Waals surface area contributed by atoms with Crippen molar-refractivity contribution in [2.75, 3.05) is 19.0 Å². The molecule has 1 unspecified atom stereocenters. The first-order valence-corrected chi connectivity index (χ1v) is 8.30. The summed E-state index contributed by atoms with van der Waals surface area (Å²) >= 11 is 1.58. The molecule has 0 heterocycles. The Kier molecular flexibility index (Phi) is 6.92. The van der Waals surface area contributed by atoms with Gasteiger partial charge in [-0.05, 0) is 0 Å². The molecule has 0 saturated heterocycles. The summed E-state index contributed by atoms with van der Waals surface area (Å²) < 4.78 is 0.637. The smallest absolute Gasteiger partial charge is 1.00 e. The maximum atomic E-state index is 2.36. The molecule has 2 aromatic carbocycles. The molecule has 2 aromatic rings. The summed E-state index contributed by atoms with van der Waals surface area (Å²) in [4.78, 5) is 2.13. The van der Waals surface area contributed by atoms with Crippen LogP contribution in [0.5, 0.6) is 0 Å². The molecular weight excluding hydrogens is 392 g/mol. The molecule has 0 aliphatic heterocycles. The average molecular weight is 410 g/mol. The molecule has 0 aromatic heterocycles. The maximum Gasteiger partial charge on any atom is -1.00 e. The molecule has 0 bridgehead atoms. The summed E-state index contributed by atoms with van der Waals surface area (Å²) in [5.41, 5.74) is 8.32. The molecule has 4 heteroatoms. The minimum absolute atomic E-state index is 0. The van der Waals surface area contributed by atoms with Gasteiger partial charge >= 0.3 is 136 Å². The van der Waals surface area contributed by atoms with Gasteiger partial charge in [-0.2, -0.15) is 0 Å². The van der Waals surface area contributed by atoms with Gasteiger partial charge in [0.1, 0.15) is 0 Å². The van der Waals surface area contributed by atoms with E-state index in [9.17, 15) is 0 Å². The van der Waals surface area contributed by atoms with Gasteiger partial charge in [0.15, 0.2) is 0 Å². The second-order valence-corrected chi connectivity index (χ2v) is 6.99. The van der Waals surface area contributed by atoms with Crippen molar-refractivity contribution in [2.45, 2.75) is 10.5 Å². The monoisotopic (exact) mass is 408 g/mol. The minimum Gasteiger partial charge on any atom is -1.00 e. The Morgan fingerprint density at radius 1 is 0.955 bits per heavy atom. The van der Waals surface area contributed by atoms with Crippen LogP contribution in [0.4, 0.5) is 5.69 Å². The van der Waals surface area contributed by atoms with Crippen LogP contribution in [0.3, 0.4) is 0 Å². The zero-order chi connectivity index (χ0) is 14.3. The van der Waals surface area contributed by atoms with Crippen LogP contribution >= 0.6 is 0 Å². The van der Waals surface area contributed by atoms with E-state index in [2.05, 4.69) is 74.5 Å². The second kappa shape index (κ2) is 7.82. The number of halogens is 2. The van der Waals surface area contributed by atoms with Crippen LogP contribution in [0, 0.1) is 0 Å². The summed E-state index contributed by atoms with van der Waals surface area (Å²) in [6.07, 6.45) is 2.36. The molecule has 1 atom stereocenters. The largest absolute Gasteiger partial charge is 1.00 e. The number of nitrogens with zero attached hydrogens (tertiary/aromatic N) is 1. The standard InChI is InChI=1S/C18H18N.2ClH.Zr/c1-13-11-15-5-4-6-17(18(15)12-13)14-7-9-16(10-8-14)19(2)3;;;/h4-12H,1-3H3;2*1H;/q;;;+2/p-2. The van der Waals surface area contributed by atoms with Gasteiger partial charge in [0.2, 0.25) is 0 Å². The van der Waals surface area contributed by atoms with Gasteiger partial charge in [-0.1, -0.05) is 0 Å². The topological polar surface area (TPSA) is 3.24 Å². The normalized spacial score (nSPS) is 15.3. The van der Waals surface area contributed by atoms with Gasteiger partial charge in [0.25, 0.3) is 0 Å². The van der Waals surface area contributed by atoms with E-state index in [1.807, 2.05) is 0 Å². The zero-order valence-electron chi connectivity index (χ0n) is 12.9. The van der Waals surface area contributed by atoms with E-state index in [0.717, 1.165) is 0 Å². The molecule has 113 valence electrons. The third-order valence-corrected chi connectivity index (χ3v) is 5.86. The molecule has 1 aliphatic rings. The molecule has 1 aliphatic carbocycles. The number of hydrogen-bond donors (Lipinski definition) is 0. The molecular formula is C18H18Cl2NZr. The van der Waals surface area contributed by atoms with Crippen molar-refractivity contribution in [1.29, 1.82) is 0 Å². The van der Waals surface area contributed by atoms with Crippen LogP contribution in [-0.2, 0) is 24.7 Å². The van der Waals surface area contributed by atoms with E-state index in [0.29, 0.717) is 3.63 Å². The molecule has 0 amide bonds. The van der Waals surface area contributed by atoms with Gasteiger partial charge in [-0.15, -0.1) is 0 Å². The molecule has 3 rings (SSSR count). The van der Waals surface area contributed by atoms with Gasteiger partial charge < -0.3 is 24.8 Å². The van der Waals surface area contributed by atoms with Gasteiger partial charge in [0.05, 0.1) is 0 Å². The Labute approximate surface area is 160 Å². The Hall–Kier alpha value is -0.557. The van der Waals surface area contributed by atoms with E-state index in [1.54, 1.807) is 24.7 Å². The molecule has 0 radical (unpaired) electrons. The Morgan fingerprint density at radius 2 is 1.59 bits per heavy atom. The van der Waals surface area contributed by atoms with Crippen molar-refractivity contribution < 1.29 is 49.5 Å².